The van der Waals surface area contributed by atoms with Crippen molar-refractivity contribution >= 4 is 0 Å². The van der Waals surface area contributed by atoms with E-state index in [0.29, 0.717) is 18.8 Å². The number of ether oxygens (including phenoxy) is 1. The van der Waals surface area contributed by atoms with Crippen molar-refractivity contribution in [3.8, 4) is 0 Å². The van der Waals surface area contributed by atoms with Gasteiger partial charge < -0.3 is 9.84 Å². The monoisotopic (exact) mass is 173 g/mol. The first kappa shape index (κ1) is 9.96. The van der Waals surface area contributed by atoms with Crippen molar-refractivity contribution in [1.82, 2.24) is 4.90 Å². The van der Waals surface area contributed by atoms with Gasteiger partial charge in [-0.1, -0.05) is 0 Å². The highest BCUT2D eigenvalue weighted by Crippen LogP contribution is 2.10. The maximum atomic E-state index is 8.69. The standard InChI is InChI=1S/C9H19NO2/c1-8-7-12-9(2)6-10(8)4-3-5-11/h8-9,11H,3-7H2,1-2H3/t8-,9-/m0/s1. The van der Waals surface area contributed by atoms with Gasteiger partial charge in [-0.3, -0.25) is 4.90 Å². The van der Waals surface area contributed by atoms with Gasteiger partial charge in [-0.05, 0) is 20.3 Å². The lowest BCUT2D eigenvalue weighted by Crippen LogP contribution is -2.47. The van der Waals surface area contributed by atoms with Crippen LogP contribution in [0.15, 0.2) is 0 Å². The number of aliphatic hydroxyl groups is 1. The van der Waals surface area contributed by atoms with E-state index < -0.39 is 0 Å². The molecule has 12 heavy (non-hydrogen) atoms. The molecule has 1 aliphatic heterocycles. The predicted molar refractivity (Wildman–Crippen MR) is 48.2 cm³/mol. The molecule has 0 radical (unpaired) electrons. The van der Waals surface area contributed by atoms with E-state index in [1.807, 2.05) is 0 Å². The van der Waals surface area contributed by atoms with Crippen LogP contribution in [-0.2, 0) is 4.74 Å². The third kappa shape index (κ3) is 2.73. The number of hydrogen-bond donors (Lipinski definition) is 1. The molecule has 1 saturated heterocycles. The largest absolute Gasteiger partial charge is 0.396 e. The maximum absolute atomic E-state index is 8.69. The zero-order valence-electron chi connectivity index (χ0n) is 7.99. The molecular formula is C9H19NO2. The van der Waals surface area contributed by atoms with E-state index in [4.69, 9.17) is 9.84 Å². The van der Waals surface area contributed by atoms with E-state index in [1.54, 1.807) is 0 Å². The summed E-state index contributed by atoms with van der Waals surface area (Å²) in [4.78, 5) is 2.38. The lowest BCUT2D eigenvalue weighted by Gasteiger charge is -2.36. The average Bonchev–Trinajstić information content (AvgIpc) is 2.07. The van der Waals surface area contributed by atoms with Crippen LogP contribution < -0.4 is 0 Å². The molecule has 0 aromatic carbocycles. The number of rotatable bonds is 3. The van der Waals surface area contributed by atoms with Crippen LogP contribution in [0.25, 0.3) is 0 Å². The molecule has 3 nitrogen and oxygen atoms in total. The third-order valence-corrected chi connectivity index (χ3v) is 2.34. The molecule has 72 valence electrons. The Morgan fingerprint density at radius 1 is 1.50 bits per heavy atom. The van der Waals surface area contributed by atoms with Gasteiger partial charge in [0.25, 0.3) is 0 Å². The van der Waals surface area contributed by atoms with Gasteiger partial charge in [0.2, 0.25) is 0 Å². The van der Waals surface area contributed by atoms with Gasteiger partial charge >= 0.3 is 0 Å². The van der Waals surface area contributed by atoms with Crippen molar-refractivity contribution < 1.29 is 9.84 Å². The molecule has 1 N–H and O–H groups in total. The van der Waals surface area contributed by atoms with Crippen LogP contribution in [0.5, 0.6) is 0 Å². The molecule has 2 atom stereocenters. The molecule has 0 unspecified atom stereocenters. The molecule has 1 rings (SSSR count). The molecule has 0 spiro atoms. The summed E-state index contributed by atoms with van der Waals surface area (Å²) >= 11 is 0. The highest BCUT2D eigenvalue weighted by molar-refractivity contribution is 4.74. The number of aliphatic hydroxyl groups excluding tert-OH is 1. The fraction of sp³-hybridized carbons (Fsp3) is 1.00. The Bertz CT molecular complexity index is 130. The molecule has 1 aliphatic rings. The first-order valence-electron chi connectivity index (χ1n) is 4.70. The van der Waals surface area contributed by atoms with Gasteiger partial charge in [0.05, 0.1) is 12.7 Å². The Labute approximate surface area is 74.3 Å². The second-order valence-corrected chi connectivity index (χ2v) is 3.57. The smallest absolute Gasteiger partial charge is 0.0674 e. The third-order valence-electron chi connectivity index (χ3n) is 2.34. The van der Waals surface area contributed by atoms with Crippen molar-refractivity contribution in [3.63, 3.8) is 0 Å². The summed E-state index contributed by atoms with van der Waals surface area (Å²) in [5.74, 6) is 0. The van der Waals surface area contributed by atoms with Crippen molar-refractivity contribution in [1.29, 1.82) is 0 Å². The van der Waals surface area contributed by atoms with Crippen LogP contribution in [0.1, 0.15) is 20.3 Å². The number of hydrogen-bond acceptors (Lipinski definition) is 3. The van der Waals surface area contributed by atoms with Gasteiger partial charge in [0, 0.05) is 25.7 Å². The van der Waals surface area contributed by atoms with Crippen molar-refractivity contribution in [2.24, 2.45) is 0 Å². The summed E-state index contributed by atoms with van der Waals surface area (Å²) < 4.78 is 5.50. The van der Waals surface area contributed by atoms with Crippen molar-refractivity contribution in [2.45, 2.75) is 32.4 Å². The SMILES string of the molecule is C[C@H]1CN(CCCO)[C@@H](C)CO1. The first-order valence-corrected chi connectivity index (χ1v) is 4.70. The predicted octanol–water partition coefficient (Wildman–Crippen LogP) is 0.478. The van der Waals surface area contributed by atoms with E-state index in [0.717, 1.165) is 26.1 Å². The zero-order valence-corrected chi connectivity index (χ0v) is 7.99. The Morgan fingerprint density at radius 3 is 2.92 bits per heavy atom. The molecular weight excluding hydrogens is 154 g/mol. The van der Waals surface area contributed by atoms with Crippen LogP contribution in [0.2, 0.25) is 0 Å². The fourth-order valence-electron chi connectivity index (χ4n) is 1.56. The van der Waals surface area contributed by atoms with E-state index in [9.17, 15) is 0 Å². The minimum Gasteiger partial charge on any atom is -0.396 e. The Kier molecular flexibility index (Phi) is 3.98. The summed E-state index contributed by atoms with van der Waals surface area (Å²) in [5, 5.41) is 8.69. The van der Waals surface area contributed by atoms with Crippen LogP contribution in [-0.4, -0.2) is 48.5 Å². The normalized spacial score (nSPS) is 32.2. The van der Waals surface area contributed by atoms with Crippen LogP contribution in [0.4, 0.5) is 0 Å². The second kappa shape index (κ2) is 4.80. The average molecular weight is 173 g/mol. The summed E-state index contributed by atoms with van der Waals surface area (Å²) in [7, 11) is 0. The van der Waals surface area contributed by atoms with Gasteiger partial charge in [-0.2, -0.15) is 0 Å². The molecule has 0 bridgehead atoms. The Balaban J connectivity index is 2.28. The number of nitrogens with zero attached hydrogens (tertiary/aromatic N) is 1. The molecule has 0 aliphatic carbocycles. The van der Waals surface area contributed by atoms with Gasteiger partial charge in [0.1, 0.15) is 0 Å². The lowest BCUT2D eigenvalue weighted by atomic mass is 10.2. The lowest BCUT2D eigenvalue weighted by molar-refractivity contribution is -0.0505. The minimum atomic E-state index is 0.290. The Hall–Kier alpha value is -0.120. The summed E-state index contributed by atoms with van der Waals surface area (Å²) in [6.45, 7) is 7.37. The highest BCUT2D eigenvalue weighted by Gasteiger charge is 2.22. The van der Waals surface area contributed by atoms with Crippen LogP contribution in [0, 0.1) is 0 Å². The van der Waals surface area contributed by atoms with Crippen LogP contribution >= 0.6 is 0 Å². The van der Waals surface area contributed by atoms with Gasteiger partial charge in [-0.15, -0.1) is 0 Å². The van der Waals surface area contributed by atoms with Crippen LogP contribution in [0.3, 0.4) is 0 Å². The first-order chi connectivity index (χ1) is 5.74. The molecule has 1 heterocycles. The molecule has 3 heteroatoms. The minimum absolute atomic E-state index is 0.290. The maximum Gasteiger partial charge on any atom is 0.0674 e. The number of morpholine rings is 1. The second-order valence-electron chi connectivity index (χ2n) is 3.57. The molecule has 0 aromatic heterocycles. The van der Waals surface area contributed by atoms with E-state index in [-0.39, 0.29) is 0 Å². The Morgan fingerprint density at radius 2 is 2.25 bits per heavy atom. The van der Waals surface area contributed by atoms with Crippen molar-refractivity contribution in [3.05, 3.63) is 0 Å². The van der Waals surface area contributed by atoms with Gasteiger partial charge in [0.15, 0.2) is 0 Å². The van der Waals surface area contributed by atoms with E-state index in [2.05, 4.69) is 18.7 Å². The molecule has 0 saturated carbocycles. The molecule has 0 amide bonds. The molecule has 1 fully saturated rings. The molecule has 0 aromatic rings. The quantitative estimate of drug-likeness (QED) is 0.673. The zero-order chi connectivity index (χ0) is 8.97. The summed E-state index contributed by atoms with van der Waals surface area (Å²) in [6, 6.07) is 0.507. The van der Waals surface area contributed by atoms with E-state index >= 15 is 0 Å². The summed E-state index contributed by atoms with van der Waals surface area (Å²) in [5.41, 5.74) is 0. The topological polar surface area (TPSA) is 32.7 Å². The highest BCUT2D eigenvalue weighted by atomic mass is 16.5. The van der Waals surface area contributed by atoms with E-state index in [1.165, 1.54) is 0 Å². The van der Waals surface area contributed by atoms with Crippen molar-refractivity contribution in [2.75, 3.05) is 26.3 Å². The van der Waals surface area contributed by atoms with Gasteiger partial charge in [-0.25, -0.2) is 0 Å². The fourth-order valence-corrected chi connectivity index (χ4v) is 1.56. The summed E-state index contributed by atoms with van der Waals surface area (Å²) in [6.07, 6.45) is 1.22.